The summed E-state index contributed by atoms with van der Waals surface area (Å²) < 4.78 is 0.750. The number of benzene rings is 2. The molecule has 0 saturated heterocycles. The summed E-state index contributed by atoms with van der Waals surface area (Å²) in [5.74, 6) is -1.83. The van der Waals surface area contributed by atoms with Crippen molar-refractivity contribution in [3.05, 3.63) is 70.3 Å². The molecule has 0 spiro atoms. The highest BCUT2D eigenvalue weighted by molar-refractivity contribution is 9.10. The number of carbonyl (C=O) groups is 3. The Morgan fingerprint density at radius 1 is 1.14 bits per heavy atom. The summed E-state index contributed by atoms with van der Waals surface area (Å²) in [4.78, 5) is 39.2. The van der Waals surface area contributed by atoms with Gasteiger partial charge in [-0.1, -0.05) is 52.0 Å². The van der Waals surface area contributed by atoms with E-state index in [-0.39, 0.29) is 12.2 Å². The van der Waals surface area contributed by atoms with Gasteiger partial charge in [0.1, 0.15) is 6.04 Å². The number of rotatable bonds is 7. The Morgan fingerprint density at radius 2 is 1.93 bits per heavy atom. The molecular weight excluding hydrogens is 444 g/mol. The van der Waals surface area contributed by atoms with Gasteiger partial charge in [-0.2, -0.15) is 0 Å². The number of para-hydroxylation sites is 1. The smallest absolute Gasteiger partial charge is 0.313 e. The molecule has 8 heteroatoms. The lowest BCUT2D eigenvalue weighted by Crippen LogP contribution is -2.41. The minimum absolute atomic E-state index is 0.259. The Balaban J connectivity index is 1.83. The van der Waals surface area contributed by atoms with E-state index >= 15 is 0 Å². The van der Waals surface area contributed by atoms with Gasteiger partial charge in [0.2, 0.25) is 5.12 Å². The van der Waals surface area contributed by atoms with Crippen molar-refractivity contribution in [1.29, 1.82) is 0 Å². The van der Waals surface area contributed by atoms with Gasteiger partial charge in [-0.05, 0) is 29.8 Å². The van der Waals surface area contributed by atoms with Crippen molar-refractivity contribution in [2.45, 2.75) is 12.5 Å². The van der Waals surface area contributed by atoms with Crippen molar-refractivity contribution in [2.75, 3.05) is 5.75 Å². The minimum Gasteiger partial charge on any atom is -0.481 e. The summed E-state index contributed by atoms with van der Waals surface area (Å²) in [6.07, 6.45) is 2.06. The summed E-state index contributed by atoms with van der Waals surface area (Å²) in [5.41, 5.74) is 2.22. The summed E-state index contributed by atoms with van der Waals surface area (Å²) >= 11 is 4.01. The molecule has 0 aliphatic carbocycles. The predicted octanol–water partition coefficient (Wildman–Crippen LogP) is 3.62. The number of carboxylic acid groups (broad SMARTS) is 1. The predicted molar refractivity (Wildman–Crippen MR) is 112 cm³/mol. The first-order valence-corrected chi connectivity index (χ1v) is 10.2. The average molecular weight is 461 g/mol. The largest absolute Gasteiger partial charge is 0.481 e. The van der Waals surface area contributed by atoms with E-state index in [9.17, 15) is 14.4 Å². The molecule has 144 valence electrons. The van der Waals surface area contributed by atoms with Crippen LogP contribution in [-0.4, -0.2) is 38.9 Å². The van der Waals surface area contributed by atoms with Crippen molar-refractivity contribution in [2.24, 2.45) is 0 Å². The highest BCUT2D eigenvalue weighted by Gasteiger charge is 2.24. The zero-order chi connectivity index (χ0) is 20.1. The van der Waals surface area contributed by atoms with Crippen LogP contribution in [0.4, 0.5) is 0 Å². The highest BCUT2D eigenvalue weighted by Crippen LogP contribution is 2.21. The summed E-state index contributed by atoms with van der Waals surface area (Å²) in [6.45, 7) is 0. The first-order chi connectivity index (χ1) is 13.4. The lowest BCUT2D eigenvalue weighted by atomic mass is 10.1. The number of carboxylic acids is 1. The monoisotopic (exact) mass is 460 g/mol. The Morgan fingerprint density at radius 3 is 2.68 bits per heavy atom. The minimum atomic E-state index is -1.08. The van der Waals surface area contributed by atoms with Gasteiger partial charge in [0, 0.05) is 33.6 Å². The molecule has 28 heavy (non-hydrogen) atoms. The number of hydrogen-bond acceptors (Lipinski definition) is 4. The van der Waals surface area contributed by atoms with Gasteiger partial charge in [0.05, 0.1) is 5.75 Å². The molecule has 2 aromatic carbocycles. The molecule has 0 unspecified atom stereocenters. The van der Waals surface area contributed by atoms with Crippen molar-refractivity contribution in [1.82, 2.24) is 10.3 Å². The van der Waals surface area contributed by atoms with Crippen LogP contribution in [0, 0.1) is 0 Å². The number of halogens is 1. The second-order valence-electron chi connectivity index (χ2n) is 6.10. The summed E-state index contributed by atoms with van der Waals surface area (Å²) in [7, 11) is 0. The summed E-state index contributed by atoms with van der Waals surface area (Å²) in [6, 6.07) is 13.7. The number of carbonyl (C=O) groups excluding carboxylic acids is 2. The molecule has 0 bridgehead atoms. The van der Waals surface area contributed by atoms with E-state index < -0.39 is 23.0 Å². The standard InChI is InChI=1S/C20H17BrN2O4S/c21-14-5-3-4-12(8-14)19(26)23-17(20(27)28-11-18(24)25)9-13-10-22-16-7-2-1-6-15(13)16/h1-8,10,17,22H,9,11H2,(H,23,26)(H,24,25)/t17-/m0/s1. The molecule has 3 aromatic rings. The molecule has 3 rings (SSSR count). The topological polar surface area (TPSA) is 99.3 Å². The van der Waals surface area contributed by atoms with E-state index in [0.29, 0.717) is 17.3 Å². The van der Waals surface area contributed by atoms with Crippen LogP contribution < -0.4 is 5.32 Å². The number of nitrogens with one attached hydrogen (secondary N) is 2. The number of aromatic nitrogens is 1. The Bertz CT molecular complexity index is 1030. The van der Waals surface area contributed by atoms with Crippen LogP contribution in [0.1, 0.15) is 15.9 Å². The lowest BCUT2D eigenvalue weighted by molar-refractivity contribution is -0.134. The van der Waals surface area contributed by atoms with Crippen molar-refractivity contribution in [3.63, 3.8) is 0 Å². The van der Waals surface area contributed by atoms with Gasteiger partial charge >= 0.3 is 5.97 Å². The van der Waals surface area contributed by atoms with Gasteiger partial charge in [-0.3, -0.25) is 14.4 Å². The normalized spacial score (nSPS) is 11.9. The molecule has 1 amide bonds. The van der Waals surface area contributed by atoms with Crippen LogP contribution in [-0.2, 0) is 16.0 Å². The Kier molecular flexibility index (Phi) is 6.53. The number of thioether (sulfide) groups is 1. The van der Waals surface area contributed by atoms with Gasteiger partial charge in [0.25, 0.3) is 5.91 Å². The number of H-pyrrole nitrogens is 1. The number of aromatic amines is 1. The highest BCUT2D eigenvalue weighted by atomic mass is 79.9. The third-order valence-electron chi connectivity index (χ3n) is 4.11. The second-order valence-corrected chi connectivity index (χ2v) is 8.00. The molecule has 0 aliphatic rings. The quantitative estimate of drug-likeness (QED) is 0.499. The number of fused-ring (bicyclic) bond motifs is 1. The van der Waals surface area contributed by atoms with E-state index in [4.69, 9.17) is 5.11 Å². The fourth-order valence-corrected chi connectivity index (χ4v) is 3.83. The zero-order valence-electron chi connectivity index (χ0n) is 14.6. The third-order valence-corrected chi connectivity index (χ3v) is 5.57. The molecule has 1 aromatic heterocycles. The van der Waals surface area contributed by atoms with Crippen LogP contribution in [0.3, 0.4) is 0 Å². The van der Waals surface area contributed by atoms with Gasteiger partial charge in [-0.25, -0.2) is 0 Å². The number of amides is 1. The molecule has 1 heterocycles. The van der Waals surface area contributed by atoms with Crippen LogP contribution in [0.5, 0.6) is 0 Å². The average Bonchev–Trinajstić information content (AvgIpc) is 3.08. The van der Waals surface area contributed by atoms with E-state index in [2.05, 4.69) is 26.2 Å². The van der Waals surface area contributed by atoms with Crippen LogP contribution >= 0.6 is 27.7 Å². The molecule has 6 nitrogen and oxygen atoms in total. The molecule has 1 atom stereocenters. The lowest BCUT2D eigenvalue weighted by Gasteiger charge is -2.17. The van der Waals surface area contributed by atoms with Crippen LogP contribution in [0.2, 0.25) is 0 Å². The first kappa shape index (κ1) is 20.2. The molecule has 0 radical (unpaired) electrons. The molecule has 0 fully saturated rings. The maximum absolute atomic E-state index is 12.6. The van der Waals surface area contributed by atoms with Crippen molar-refractivity contribution >= 4 is 55.6 Å². The third kappa shape index (κ3) is 5.02. The Labute approximate surface area is 173 Å². The summed E-state index contributed by atoms with van der Waals surface area (Å²) in [5, 5.41) is 12.2. The van der Waals surface area contributed by atoms with Gasteiger partial charge < -0.3 is 15.4 Å². The molecular formula is C20H17BrN2O4S. The molecule has 0 saturated carbocycles. The molecule has 3 N–H and O–H groups in total. The van der Waals surface area contributed by atoms with Gasteiger partial charge in [-0.15, -0.1) is 0 Å². The SMILES string of the molecule is O=C(O)CSC(=O)[C@H](Cc1c[nH]c2ccccc12)NC(=O)c1cccc(Br)c1. The number of hydrogen-bond donors (Lipinski definition) is 3. The Hall–Kier alpha value is -2.58. The zero-order valence-corrected chi connectivity index (χ0v) is 17.0. The van der Waals surface area contributed by atoms with E-state index in [1.54, 1.807) is 30.5 Å². The van der Waals surface area contributed by atoms with Crippen LogP contribution in [0.25, 0.3) is 10.9 Å². The van der Waals surface area contributed by atoms with E-state index in [1.807, 2.05) is 24.3 Å². The van der Waals surface area contributed by atoms with Crippen molar-refractivity contribution in [3.8, 4) is 0 Å². The molecule has 0 aliphatic heterocycles. The van der Waals surface area contributed by atoms with E-state index in [0.717, 1.165) is 20.9 Å². The maximum Gasteiger partial charge on any atom is 0.313 e. The fraction of sp³-hybridized carbons (Fsp3) is 0.150. The van der Waals surface area contributed by atoms with Crippen molar-refractivity contribution < 1.29 is 19.5 Å². The number of aliphatic carboxylic acids is 1. The van der Waals surface area contributed by atoms with Crippen LogP contribution in [0.15, 0.2) is 59.2 Å². The fourth-order valence-electron chi connectivity index (χ4n) is 2.82. The first-order valence-electron chi connectivity index (χ1n) is 8.44. The van der Waals surface area contributed by atoms with Gasteiger partial charge in [0.15, 0.2) is 0 Å². The second kappa shape index (κ2) is 9.07. The van der Waals surface area contributed by atoms with E-state index in [1.165, 1.54) is 0 Å². The maximum atomic E-state index is 12.6.